The normalized spacial score (nSPS) is 12.0. The molecular formula is C25H34ClN3O5S. The van der Waals surface area contributed by atoms with Crippen LogP contribution in [0.25, 0.3) is 0 Å². The molecule has 2 aromatic carbocycles. The summed E-state index contributed by atoms with van der Waals surface area (Å²) in [6, 6.07) is 13.1. The summed E-state index contributed by atoms with van der Waals surface area (Å²) in [5.41, 5.74) is 1.29. The molecule has 0 fully saturated rings. The van der Waals surface area contributed by atoms with Crippen molar-refractivity contribution in [2.24, 2.45) is 0 Å². The molecule has 0 unspecified atom stereocenters. The number of carbonyl (C=O) groups is 2. The van der Waals surface area contributed by atoms with Crippen LogP contribution in [0.1, 0.15) is 38.7 Å². The van der Waals surface area contributed by atoms with Crippen molar-refractivity contribution in [2.45, 2.75) is 45.7 Å². The zero-order valence-corrected chi connectivity index (χ0v) is 22.2. The third-order valence-corrected chi connectivity index (χ3v) is 6.90. The van der Waals surface area contributed by atoms with Crippen LogP contribution in [0.5, 0.6) is 5.75 Å². The fourth-order valence-corrected chi connectivity index (χ4v) is 4.74. The summed E-state index contributed by atoms with van der Waals surface area (Å²) in [6.45, 7) is 4.50. The fourth-order valence-electron chi connectivity index (χ4n) is 3.56. The Morgan fingerprint density at radius 2 is 1.83 bits per heavy atom. The molecule has 8 nitrogen and oxygen atoms in total. The molecule has 0 bridgehead atoms. The number of nitrogens with zero attached hydrogens (tertiary/aromatic N) is 2. The molecule has 0 aliphatic carbocycles. The highest BCUT2D eigenvalue weighted by molar-refractivity contribution is 7.92. The summed E-state index contributed by atoms with van der Waals surface area (Å²) in [5, 5.41) is 3.38. The lowest BCUT2D eigenvalue weighted by atomic mass is 10.1. The predicted molar refractivity (Wildman–Crippen MR) is 139 cm³/mol. The molecule has 0 aromatic heterocycles. The van der Waals surface area contributed by atoms with Gasteiger partial charge in [0.25, 0.3) is 0 Å². The van der Waals surface area contributed by atoms with E-state index < -0.39 is 16.1 Å². The minimum absolute atomic E-state index is 0.0775. The first-order valence-electron chi connectivity index (χ1n) is 11.5. The van der Waals surface area contributed by atoms with Gasteiger partial charge < -0.3 is 15.0 Å². The molecule has 1 N–H and O–H groups in total. The highest BCUT2D eigenvalue weighted by atomic mass is 35.5. The van der Waals surface area contributed by atoms with E-state index in [1.54, 1.807) is 49.4 Å². The van der Waals surface area contributed by atoms with E-state index in [2.05, 4.69) is 5.32 Å². The first-order valence-corrected chi connectivity index (χ1v) is 13.7. The maximum absolute atomic E-state index is 13.2. The van der Waals surface area contributed by atoms with E-state index in [0.29, 0.717) is 23.0 Å². The second-order valence-corrected chi connectivity index (χ2v) is 10.6. The topological polar surface area (TPSA) is 96.0 Å². The number of halogens is 1. The van der Waals surface area contributed by atoms with Gasteiger partial charge in [0, 0.05) is 31.1 Å². The Hall–Kier alpha value is -2.78. The van der Waals surface area contributed by atoms with Gasteiger partial charge in [0.15, 0.2) is 0 Å². The summed E-state index contributed by atoms with van der Waals surface area (Å²) in [6.07, 6.45) is 2.28. The Bertz CT molecular complexity index is 1090. The van der Waals surface area contributed by atoms with E-state index in [-0.39, 0.29) is 37.7 Å². The fraction of sp³-hybridized carbons (Fsp3) is 0.440. The number of sulfonamides is 1. The highest BCUT2D eigenvalue weighted by Crippen LogP contribution is 2.22. The molecule has 192 valence electrons. The van der Waals surface area contributed by atoms with Crippen LogP contribution in [0, 0.1) is 0 Å². The van der Waals surface area contributed by atoms with E-state index in [4.69, 9.17) is 16.3 Å². The predicted octanol–water partition coefficient (Wildman–Crippen LogP) is 3.84. The number of carbonyl (C=O) groups excluding carboxylic acids is 2. The molecule has 1 atom stereocenters. The maximum Gasteiger partial charge on any atom is 0.242 e. The largest absolute Gasteiger partial charge is 0.497 e. The number of ether oxygens (including phenoxy) is 1. The van der Waals surface area contributed by atoms with Crippen LogP contribution in [-0.4, -0.2) is 57.6 Å². The molecule has 0 saturated heterocycles. The number of benzene rings is 2. The van der Waals surface area contributed by atoms with Crippen molar-refractivity contribution in [2.75, 3.05) is 30.8 Å². The van der Waals surface area contributed by atoms with Crippen molar-refractivity contribution in [3.63, 3.8) is 0 Å². The van der Waals surface area contributed by atoms with Crippen LogP contribution in [0.3, 0.4) is 0 Å². The van der Waals surface area contributed by atoms with Gasteiger partial charge in [-0.25, -0.2) is 8.42 Å². The SMILES string of the molecule is CCCNC(=O)[C@@H](C)N(Cc1cccc(Cl)c1)C(=O)CCCN(c1ccc(OC)cc1)S(C)(=O)=O. The van der Waals surface area contributed by atoms with Gasteiger partial charge in [0.05, 0.1) is 19.1 Å². The lowest BCUT2D eigenvalue weighted by molar-refractivity contribution is -0.140. The number of hydrogen-bond donors (Lipinski definition) is 1. The van der Waals surface area contributed by atoms with Gasteiger partial charge >= 0.3 is 0 Å². The van der Waals surface area contributed by atoms with E-state index in [1.165, 1.54) is 16.3 Å². The van der Waals surface area contributed by atoms with Gasteiger partial charge in [-0.1, -0.05) is 30.7 Å². The van der Waals surface area contributed by atoms with E-state index in [1.807, 2.05) is 13.0 Å². The van der Waals surface area contributed by atoms with Crippen LogP contribution in [0.2, 0.25) is 5.02 Å². The number of hydrogen-bond acceptors (Lipinski definition) is 5. The molecule has 2 rings (SSSR count). The molecule has 2 aromatic rings. The van der Waals surface area contributed by atoms with E-state index in [9.17, 15) is 18.0 Å². The van der Waals surface area contributed by atoms with Crippen molar-refractivity contribution < 1.29 is 22.7 Å². The van der Waals surface area contributed by atoms with Crippen LogP contribution >= 0.6 is 11.6 Å². The van der Waals surface area contributed by atoms with Gasteiger partial charge in [-0.2, -0.15) is 0 Å². The Morgan fingerprint density at radius 3 is 2.40 bits per heavy atom. The van der Waals surface area contributed by atoms with Crippen LogP contribution in [0.4, 0.5) is 5.69 Å². The van der Waals surface area contributed by atoms with Crippen molar-refractivity contribution in [3.05, 3.63) is 59.1 Å². The summed E-state index contributed by atoms with van der Waals surface area (Å²) >= 11 is 6.10. The van der Waals surface area contributed by atoms with Crippen LogP contribution in [0.15, 0.2) is 48.5 Å². The molecule has 0 spiro atoms. The molecule has 35 heavy (non-hydrogen) atoms. The number of rotatable bonds is 13. The van der Waals surface area contributed by atoms with Crippen LogP contribution < -0.4 is 14.4 Å². The van der Waals surface area contributed by atoms with Gasteiger partial charge in [-0.05, 0) is 61.7 Å². The zero-order chi connectivity index (χ0) is 26.0. The zero-order valence-electron chi connectivity index (χ0n) is 20.7. The van der Waals surface area contributed by atoms with Gasteiger partial charge in [0.1, 0.15) is 11.8 Å². The summed E-state index contributed by atoms with van der Waals surface area (Å²) in [7, 11) is -2.02. The molecule has 0 aliphatic rings. The smallest absolute Gasteiger partial charge is 0.242 e. The highest BCUT2D eigenvalue weighted by Gasteiger charge is 2.26. The minimum atomic E-state index is -3.56. The van der Waals surface area contributed by atoms with Gasteiger partial charge in [-0.3, -0.25) is 13.9 Å². The third-order valence-electron chi connectivity index (χ3n) is 5.47. The quantitative estimate of drug-likeness (QED) is 0.430. The molecule has 10 heteroatoms. The second-order valence-electron chi connectivity index (χ2n) is 8.26. The average molecular weight is 524 g/mol. The Labute approximate surface area is 213 Å². The lowest BCUT2D eigenvalue weighted by Gasteiger charge is -2.29. The Kier molecular flexibility index (Phi) is 10.9. The van der Waals surface area contributed by atoms with Crippen molar-refractivity contribution in [1.29, 1.82) is 0 Å². The Balaban J connectivity index is 2.14. The molecule has 2 amide bonds. The second kappa shape index (κ2) is 13.3. The standard InChI is InChI=1S/C25H34ClN3O5S/c1-5-15-27-25(31)19(2)28(18-20-8-6-9-21(26)17-20)24(30)10-7-16-29(35(4,32)33)22-11-13-23(34-3)14-12-22/h6,8-9,11-14,17,19H,5,7,10,15-16,18H2,1-4H3,(H,27,31)/t19-/m1/s1. The first kappa shape index (κ1) is 28.5. The summed E-state index contributed by atoms with van der Waals surface area (Å²) < 4.78 is 31.2. The monoisotopic (exact) mass is 523 g/mol. The third kappa shape index (κ3) is 8.74. The van der Waals surface area contributed by atoms with Gasteiger partial charge in [-0.15, -0.1) is 0 Å². The molecule has 0 aliphatic heterocycles. The van der Waals surface area contributed by atoms with Crippen molar-refractivity contribution in [3.8, 4) is 5.75 Å². The Morgan fingerprint density at radius 1 is 1.14 bits per heavy atom. The molecule has 0 saturated carbocycles. The molecule has 0 heterocycles. The number of nitrogens with one attached hydrogen (secondary N) is 1. The van der Waals surface area contributed by atoms with Gasteiger partial charge in [0.2, 0.25) is 21.8 Å². The minimum Gasteiger partial charge on any atom is -0.497 e. The maximum atomic E-state index is 13.2. The van der Waals surface area contributed by atoms with Crippen LogP contribution in [-0.2, 0) is 26.2 Å². The van der Waals surface area contributed by atoms with E-state index in [0.717, 1.165) is 18.2 Å². The number of methoxy groups -OCH3 is 1. The summed E-state index contributed by atoms with van der Waals surface area (Å²) in [4.78, 5) is 27.4. The lowest BCUT2D eigenvalue weighted by Crippen LogP contribution is -2.47. The number of anilines is 1. The molecular weight excluding hydrogens is 490 g/mol. The number of amides is 2. The first-order chi connectivity index (χ1) is 16.6. The summed E-state index contributed by atoms with van der Waals surface area (Å²) in [5.74, 6) is 0.134. The average Bonchev–Trinajstić information content (AvgIpc) is 2.82. The van der Waals surface area contributed by atoms with Crippen molar-refractivity contribution in [1.82, 2.24) is 10.2 Å². The van der Waals surface area contributed by atoms with Crippen molar-refractivity contribution >= 4 is 39.1 Å². The van der Waals surface area contributed by atoms with E-state index >= 15 is 0 Å². The molecule has 0 radical (unpaired) electrons.